The number of nitrogens with zero attached hydrogens (tertiary/aromatic N) is 2. The first-order valence-corrected chi connectivity index (χ1v) is 10.7. The van der Waals surface area contributed by atoms with Gasteiger partial charge in [-0.3, -0.25) is 0 Å². The van der Waals surface area contributed by atoms with E-state index in [0.29, 0.717) is 23.2 Å². The third kappa shape index (κ3) is 3.06. The third-order valence-electron chi connectivity index (χ3n) is 5.39. The molecule has 0 saturated carbocycles. The van der Waals surface area contributed by atoms with Gasteiger partial charge in [0.2, 0.25) is 0 Å². The number of fused-ring (bicyclic) bond motifs is 1. The van der Waals surface area contributed by atoms with E-state index in [-0.39, 0.29) is 28.3 Å². The first kappa shape index (κ1) is 19.7. The van der Waals surface area contributed by atoms with Crippen LogP contribution in [0.3, 0.4) is 0 Å². The molecule has 0 aliphatic rings. The molecular formula is C25H17N3O3S. The summed E-state index contributed by atoms with van der Waals surface area (Å²) in [5.41, 5.74) is 8.08. The first-order valence-electron chi connectivity index (χ1n) is 9.85. The number of thiophene rings is 1. The van der Waals surface area contributed by atoms with Crippen LogP contribution >= 0.6 is 11.3 Å². The molecule has 3 aromatic heterocycles. The van der Waals surface area contributed by atoms with Crippen LogP contribution in [0.1, 0.15) is 11.1 Å². The fourth-order valence-corrected chi connectivity index (χ4v) is 4.72. The number of benzene rings is 2. The second kappa shape index (κ2) is 7.76. The van der Waals surface area contributed by atoms with Gasteiger partial charge < -0.3 is 19.8 Å². The van der Waals surface area contributed by atoms with Crippen molar-refractivity contribution < 1.29 is 9.52 Å². The van der Waals surface area contributed by atoms with Gasteiger partial charge in [0.05, 0.1) is 11.1 Å². The van der Waals surface area contributed by atoms with Crippen LogP contribution in [0.25, 0.3) is 32.7 Å². The lowest BCUT2D eigenvalue weighted by atomic mass is 10.0. The van der Waals surface area contributed by atoms with Gasteiger partial charge >= 0.3 is 5.63 Å². The molecule has 7 heteroatoms. The van der Waals surface area contributed by atoms with Crippen LogP contribution in [-0.4, -0.2) is 9.67 Å². The molecule has 5 aromatic rings. The molecule has 3 N–H and O–H groups in total. The zero-order valence-electron chi connectivity index (χ0n) is 16.8. The van der Waals surface area contributed by atoms with E-state index in [1.165, 1.54) is 11.3 Å². The second-order valence-electron chi connectivity index (χ2n) is 7.25. The van der Waals surface area contributed by atoms with Crippen molar-refractivity contribution in [1.82, 2.24) is 4.57 Å². The number of aromatic nitrogens is 1. The highest BCUT2D eigenvalue weighted by atomic mass is 32.1. The van der Waals surface area contributed by atoms with Gasteiger partial charge in [-0.05, 0) is 29.1 Å². The van der Waals surface area contributed by atoms with E-state index in [4.69, 9.17) is 10.2 Å². The van der Waals surface area contributed by atoms with Gasteiger partial charge in [0, 0.05) is 17.0 Å². The average Bonchev–Trinajstić information content (AvgIpc) is 3.42. The number of hydrogen-bond donors (Lipinski definition) is 2. The van der Waals surface area contributed by atoms with Gasteiger partial charge in [-0.1, -0.05) is 48.5 Å². The minimum absolute atomic E-state index is 0.0174. The Labute approximate surface area is 187 Å². The molecule has 0 fully saturated rings. The molecule has 0 bridgehead atoms. The van der Waals surface area contributed by atoms with Crippen LogP contribution in [0, 0.1) is 11.3 Å². The van der Waals surface area contributed by atoms with Crippen molar-refractivity contribution in [2.45, 2.75) is 6.54 Å². The van der Waals surface area contributed by atoms with Crippen molar-refractivity contribution in [3.05, 3.63) is 93.7 Å². The summed E-state index contributed by atoms with van der Waals surface area (Å²) in [6.45, 7) is 0.313. The van der Waals surface area contributed by atoms with E-state index in [1.54, 1.807) is 28.8 Å². The summed E-state index contributed by atoms with van der Waals surface area (Å²) >= 11 is 1.42. The Hall–Kier alpha value is -4.28. The van der Waals surface area contributed by atoms with Crippen LogP contribution < -0.4 is 11.4 Å². The maximum absolute atomic E-state index is 13.1. The lowest BCUT2D eigenvalue weighted by Crippen LogP contribution is -2.11. The molecule has 0 amide bonds. The van der Waals surface area contributed by atoms with Crippen LogP contribution in [-0.2, 0) is 6.54 Å². The van der Waals surface area contributed by atoms with Crippen molar-refractivity contribution in [3.63, 3.8) is 0 Å². The lowest BCUT2D eigenvalue weighted by Gasteiger charge is -2.14. The summed E-state index contributed by atoms with van der Waals surface area (Å²) in [6, 6.07) is 22.3. The number of nitriles is 1. The normalized spacial score (nSPS) is 11.0. The standard InChI is InChI=1S/C25H17N3O3S/c26-13-17-20(19-11-6-12-32-19)22(28(24(17)27)14-15-7-2-1-3-8-15)21-23(29)16-9-4-5-10-18(16)31-25(21)30/h1-12,29H,14,27H2. The van der Waals surface area contributed by atoms with Crippen molar-refractivity contribution >= 4 is 28.1 Å². The highest BCUT2D eigenvalue weighted by molar-refractivity contribution is 7.13. The van der Waals surface area contributed by atoms with Gasteiger partial charge in [-0.2, -0.15) is 5.26 Å². The lowest BCUT2D eigenvalue weighted by molar-refractivity contribution is 0.470. The van der Waals surface area contributed by atoms with Crippen LogP contribution in [0.4, 0.5) is 5.82 Å². The van der Waals surface area contributed by atoms with Crippen molar-refractivity contribution in [2.24, 2.45) is 0 Å². The van der Waals surface area contributed by atoms with Crippen LogP contribution in [0.5, 0.6) is 5.75 Å². The Morgan fingerprint density at radius 2 is 1.78 bits per heavy atom. The van der Waals surface area contributed by atoms with Gasteiger partial charge in [0.15, 0.2) is 0 Å². The van der Waals surface area contributed by atoms with Crippen molar-refractivity contribution in [2.75, 3.05) is 5.73 Å². The molecule has 0 atom stereocenters. The number of para-hydroxylation sites is 1. The van der Waals surface area contributed by atoms with Crippen LogP contribution in [0.15, 0.2) is 81.3 Å². The smallest absolute Gasteiger partial charge is 0.349 e. The molecule has 5 rings (SSSR count). The molecular weight excluding hydrogens is 422 g/mol. The topological polar surface area (TPSA) is 105 Å². The molecule has 0 saturated heterocycles. The summed E-state index contributed by atoms with van der Waals surface area (Å²) in [5.74, 6) is 0.0210. The van der Waals surface area contributed by atoms with Crippen molar-refractivity contribution in [3.8, 4) is 33.5 Å². The predicted molar refractivity (Wildman–Crippen MR) is 126 cm³/mol. The molecule has 32 heavy (non-hydrogen) atoms. The van der Waals surface area contributed by atoms with Crippen LogP contribution in [0.2, 0.25) is 0 Å². The third-order valence-corrected chi connectivity index (χ3v) is 6.28. The SMILES string of the molecule is N#Cc1c(-c2cccs2)c(-c2c(O)c3ccccc3oc2=O)n(Cc2ccccc2)c1N. The largest absolute Gasteiger partial charge is 0.506 e. The van der Waals surface area contributed by atoms with Crippen molar-refractivity contribution in [1.29, 1.82) is 5.26 Å². The molecule has 0 aliphatic heterocycles. The Bertz CT molecular complexity index is 1540. The molecule has 0 radical (unpaired) electrons. The summed E-state index contributed by atoms with van der Waals surface area (Å²) in [4.78, 5) is 13.9. The highest BCUT2D eigenvalue weighted by Crippen LogP contribution is 2.45. The number of aromatic hydroxyl groups is 1. The Morgan fingerprint density at radius 1 is 1.03 bits per heavy atom. The van der Waals surface area contributed by atoms with E-state index in [0.717, 1.165) is 10.4 Å². The maximum Gasteiger partial charge on any atom is 0.349 e. The highest BCUT2D eigenvalue weighted by Gasteiger charge is 2.29. The molecule has 0 aliphatic carbocycles. The average molecular weight is 439 g/mol. The van der Waals surface area contributed by atoms with Gasteiger partial charge in [0.25, 0.3) is 0 Å². The fourth-order valence-electron chi connectivity index (χ4n) is 3.94. The zero-order chi connectivity index (χ0) is 22.2. The summed E-state index contributed by atoms with van der Waals surface area (Å²) in [5, 5.41) is 23.4. The second-order valence-corrected chi connectivity index (χ2v) is 8.20. The van der Waals surface area contributed by atoms with E-state index < -0.39 is 5.63 Å². The zero-order valence-corrected chi connectivity index (χ0v) is 17.6. The summed E-state index contributed by atoms with van der Waals surface area (Å²) < 4.78 is 7.24. The monoisotopic (exact) mass is 439 g/mol. The molecule has 0 unspecified atom stereocenters. The van der Waals surface area contributed by atoms with E-state index in [9.17, 15) is 15.2 Å². The number of rotatable bonds is 4. The number of anilines is 1. The maximum atomic E-state index is 13.1. The Balaban J connectivity index is 1.90. The van der Waals surface area contributed by atoms with Gasteiger partial charge in [0.1, 0.15) is 34.3 Å². The quantitative estimate of drug-likeness (QED) is 0.375. The number of nitrogens with two attached hydrogens (primary N) is 1. The molecule has 6 nitrogen and oxygen atoms in total. The minimum Gasteiger partial charge on any atom is -0.506 e. The Morgan fingerprint density at radius 3 is 2.50 bits per heavy atom. The molecule has 156 valence electrons. The molecule has 0 spiro atoms. The first-order chi connectivity index (χ1) is 15.6. The Kier molecular flexibility index (Phi) is 4.77. The number of nitrogen functional groups attached to an aromatic ring is 1. The summed E-state index contributed by atoms with van der Waals surface area (Å²) in [6.07, 6.45) is 0. The van der Waals surface area contributed by atoms with E-state index in [2.05, 4.69) is 6.07 Å². The predicted octanol–water partition coefficient (Wildman–Crippen LogP) is 5.20. The minimum atomic E-state index is -0.699. The fraction of sp³-hybridized carbons (Fsp3) is 0.0400. The van der Waals surface area contributed by atoms with Gasteiger partial charge in [-0.25, -0.2) is 4.79 Å². The van der Waals surface area contributed by atoms with E-state index >= 15 is 0 Å². The van der Waals surface area contributed by atoms with Gasteiger partial charge in [-0.15, -0.1) is 11.3 Å². The number of hydrogen-bond acceptors (Lipinski definition) is 6. The molecule has 3 heterocycles. The van der Waals surface area contributed by atoms with E-state index in [1.807, 2.05) is 47.8 Å². The summed E-state index contributed by atoms with van der Waals surface area (Å²) in [7, 11) is 0. The molecule has 2 aromatic carbocycles.